The maximum Gasteiger partial charge on any atom is 0.0658 e. The van der Waals surface area contributed by atoms with Crippen molar-refractivity contribution in [3.8, 4) is 0 Å². The molecule has 0 amide bonds. The highest BCUT2D eigenvalue weighted by Crippen LogP contribution is 2.17. The van der Waals surface area contributed by atoms with Crippen LogP contribution in [0.4, 0.5) is 0 Å². The monoisotopic (exact) mass is 516 g/mol. The van der Waals surface area contributed by atoms with Gasteiger partial charge in [-0.05, 0) is 83.6 Å². The van der Waals surface area contributed by atoms with Crippen LogP contribution in [0.25, 0.3) is 57.1 Å². The summed E-state index contributed by atoms with van der Waals surface area (Å²) >= 11 is 0. The van der Waals surface area contributed by atoms with E-state index in [1.807, 2.05) is 85.0 Å². The van der Waals surface area contributed by atoms with Gasteiger partial charge in [0.05, 0.1) is 22.8 Å². The number of rotatable bonds is 0. The zero-order valence-electron chi connectivity index (χ0n) is 21.9. The van der Waals surface area contributed by atoms with Crippen LogP contribution < -0.4 is 0 Å². The second-order valence-electron chi connectivity index (χ2n) is 9.41. The molecule has 192 valence electrons. The van der Waals surface area contributed by atoms with Crippen molar-refractivity contribution >= 4 is 57.1 Å². The van der Waals surface area contributed by atoms with Crippen molar-refractivity contribution in [2.24, 2.45) is 0 Å². The fourth-order valence-electron chi connectivity index (χ4n) is 4.46. The standard InChI is InChI=1S/C20H14N4.C10H8.C6H6/c1-2-14-10-16-5-6-18(23-16)12-20-8-7-19(24-20)11-17-4-3-15(22-17)9-13(1)21-14;1-2-6-10-8-4-3-7-9(10)5-1;1-2-4-6-5-3-1/h1-12,21,24H;1-8H;1-6H. The predicted molar refractivity (Wildman–Crippen MR) is 169 cm³/mol. The van der Waals surface area contributed by atoms with Crippen LogP contribution in [-0.2, 0) is 0 Å². The van der Waals surface area contributed by atoms with Gasteiger partial charge in [0, 0.05) is 22.1 Å². The van der Waals surface area contributed by atoms with E-state index in [0.29, 0.717) is 0 Å². The quantitative estimate of drug-likeness (QED) is 0.211. The Morgan fingerprint density at radius 3 is 0.875 bits per heavy atom. The van der Waals surface area contributed by atoms with Crippen molar-refractivity contribution in [3.05, 3.63) is 156 Å². The summed E-state index contributed by atoms with van der Waals surface area (Å²) in [6, 6.07) is 45.1. The van der Waals surface area contributed by atoms with Gasteiger partial charge < -0.3 is 9.97 Å². The predicted octanol–water partition coefficient (Wildman–Crippen LogP) is 9.18. The van der Waals surface area contributed by atoms with Gasteiger partial charge in [0.15, 0.2) is 0 Å². The average molecular weight is 517 g/mol. The van der Waals surface area contributed by atoms with Gasteiger partial charge in [-0.15, -0.1) is 0 Å². The maximum absolute atomic E-state index is 4.63. The third kappa shape index (κ3) is 6.50. The number of hydrogen-bond acceptors (Lipinski definition) is 2. The number of H-pyrrole nitrogens is 2. The molecule has 4 heteroatoms. The number of fused-ring (bicyclic) bond motifs is 9. The summed E-state index contributed by atoms with van der Waals surface area (Å²) in [5.41, 5.74) is 7.86. The molecule has 0 unspecified atom stereocenters. The number of nitrogens with zero attached hydrogens (tertiary/aromatic N) is 2. The lowest BCUT2D eigenvalue weighted by atomic mass is 10.1. The van der Waals surface area contributed by atoms with Gasteiger partial charge in [-0.3, -0.25) is 0 Å². The van der Waals surface area contributed by atoms with Crippen molar-refractivity contribution < 1.29 is 0 Å². The van der Waals surface area contributed by atoms with Gasteiger partial charge in [-0.2, -0.15) is 0 Å². The van der Waals surface area contributed by atoms with E-state index in [-0.39, 0.29) is 0 Å². The third-order valence-corrected chi connectivity index (χ3v) is 6.37. The first-order valence-corrected chi connectivity index (χ1v) is 13.3. The summed E-state index contributed by atoms with van der Waals surface area (Å²) in [6.07, 6.45) is 8.09. The zero-order valence-corrected chi connectivity index (χ0v) is 21.9. The fourth-order valence-corrected chi connectivity index (χ4v) is 4.46. The topological polar surface area (TPSA) is 57.4 Å². The average Bonchev–Trinajstić information content (AvgIpc) is 3.82. The molecular weight excluding hydrogens is 488 g/mol. The Morgan fingerprint density at radius 1 is 0.325 bits per heavy atom. The van der Waals surface area contributed by atoms with E-state index >= 15 is 0 Å². The fraction of sp³-hybridized carbons (Fsp3) is 0. The van der Waals surface area contributed by atoms with Crippen molar-refractivity contribution in [2.45, 2.75) is 0 Å². The number of aromatic nitrogens is 4. The molecule has 4 nitrogen and oxygen atoms in total. The number of hydrogen-bond donors (Lipinski definition) is 2. The molecule has 2 aliphatic heterocycles. The normalized spacial score (nSPS) is 11.3. The molecular formula is C36H28N4. The van der Waals surface area contributed by atoms with E-state index in [9.17, 15) is 0 Å². The van der Waals surface area contributed by atoms with Crippen LogP contribution in [0.2, 0.25) is 0 Å². The highest BCUT2D eigenvalue weighted by molar-refractivity contribution is 5.82. The van der Waals surface area contributed by atoms with Crippen molar-refractivity contribution in [1.82, 2.24) is 19.9 Å². The van der Waals surface area contributed by atoms with Crippen LogP contribution in [0.15, 0.2) is 133 Å². The van der Waals surface area contributed by atoms with E-state index < -0.39 is 0 Å². The van der Waals surface area contributed by atoms with Crippen LogP contribution in [0, 0.1) is 0 Å². The highest BCUT2D eigenvalue weighted by atomic mass is 14.8. The minimum atomic E-state index is 0.939. The summed E-state index contributed by atoms with van der Waals surface area (Å²) in [5, 5.41) is 2.62. The molecule has 0 atom stereocenters. The molecule has 8 rings (SSSR count). The van der Waals surface area contributed by atoms with E-state index in [1.54, 1.807) is 0 Å². The highest BCUT2D eigenvalue weighted by Gasteiger charge is 2.01. The smallest absolute Gasteiger partial charge is 0.0658 e. The molecule has 8 bridgehead atoms. The third-order valence-electron chi connectivity index (χ3n) is 6.37. The molecule has 0 spiro atoms. The van der Waals surface area contributed by atoms with E-state index in [2.05, 4.69) is 92.7 Å². The molecule has 40 heavy (non-hydrogen) atoms. The van der Waals surface area contributed by atoms with Gasteiger partial charge in [-0.25, -0.2) is 9.97 Å². The van der Waals surface area contributed by atoms with Gasteiger partial charge in [0.25, 0.3) is 0 Å². The SMILES string of the molecule is C1=Cc2cc3ccc(cc4nc(cc5ccc(cc1n2)[nH]5)C=C4)[nH]3.c1ccc2ccccc2c1.c1ccccc1. The Balaban J connectivity index is 0.000000147. The largest absolute Gasteiger partial charge is 0.355 e. The molecule has 3 aromatic carbocycles. The van der Waals surface area contributed by atoms with Gasteiger partial charge in [0.1, 0.15) is 0 Å². The second kappa shape index (κ2) is 11.9. The zero-order chi connectivity index (χ0) is 27.0. The summed E-state index contributed by atoms with van der Waals surface area (Å²) in [6.45, 7) is 0. The molecule has 2 aliphatic rings. The van der Waals surface area contributed by atoms with Crippen LogP contribution in [0.3, 0.4) is 0 Å². The molecule has 6 aromatic rings. The van der Waals surface area contributed by atoms with Crippen LogP contribution in [0.1, 0.15) is 22.8 Å². The van der Waals surface area contributed by atoms with Crippen LogP contribution in [0.5, 0.6) is 0 Å². The summed E-state index contributed by atoms with van der Waals surface area (Å²) in [7, 11) is 0. The van der Waals surface area contributed by atoms with E-state index in [0.717, 1.165) is 44.8 Å². The van der Waals surface area contributed by atoms with Crippen molar-refractivity contribution in [1.29, 1.82) is 0 Å². The lowest BCUT2D eigenvalue weighted by Crippen LogP contribution is -1.75. The van der Waals surface area contributed by atoms with Crippen molar-refractivity contribution in [3.63, 3.8) is 0 Å². The first-order valence-electron chi connectivity index (χ1n) is 13.3. The molecule has 0 aliphatic carbocycles. The van der Waals surface area contributed by atoms with Crippen LogP contribution >= 0.6 is 0 Å². The molecule has 0 saturated carbocycles. The number of benzene rings is 3. The first kappa shape index (κ1) is 24.8. The Hall–Kier alpha value is -5.48. The summed E-state index contributed by atoms with van der Waals surface area (Å²) in [4.78, 5) is 16.0. The Morgan fingerprint density at radius 2 is 0.600 bits per heavy atom. The molecule has 5 heterocycles. The Labute approximate surface area is 233 Å². The lowest BCUT2D eigenvalue weighted by Gasteiger charge is -1.92. The Kier molecular flexibility index (Phi) is 7.40. The minimum absolute atomic E-state index is 0.939. The first-order chi connectivity index (χ1) is 19.8. The maximum atomic E-state index is 4.63. The Bertz CT molecular complexity index is 1690. The minimum Gasteiger partial charge on any atom is -0.355 e. The molecule has 0 fully saturated rings. The molecule has 2 N–H and O–H groups in total. The number of aromatic amines is 2. The van der Waals surface area contributed by atoms with Crippen molar-refractivity contribution in [2.75, 3.05) is 0 Å². The van der Waals surface area contributed by atoms with Gasteiger partial charge in [0.2, 0.25) is 0 Å². The van der Waals surface area contributed by atoms with E-state index in [1.165, 1.54) is 10.8 Å². The van der Waals surface area contributed by atoms with Crippen LogP contribution in [-0.4, -0.2) is 19.9 Å². The van der Waals surface area contributed by atoms with E-state index in [4.69, 9.17) is 0 Å². The van der Waals surface area contributed by atoms with Gasteiger partial charge >= 0.3 is 0 Å². The molecule has 0 radical (unpaired) electrons. The second-order valence-corrected chi connectivity index (χ2v) is 9.41. The number of nitrogens with one attached hydrogen (secondary N) is 2. The summed E-state index contributed by atoms with van der Waals surface area (Å²) < 4.78 is 0. The lowest BCUT2D eigenvalue weighted by molar-refractivity contribution is 1.31. The molecule has 3 aromatic heterocycles. The summed E-state index contributed by atoms with van der Waals surface area (Å²) in [5.74, 6) is 0. The van der Waals surface area contributed by atoms with Gasteiger partial charge in [-0.1, -0.05) is 84.9 Å². The molecule has 0 saturated heterocycles.